The van der Waals surface area contributed by atoms with Crippen LogP contribution in [0.2, 0.25) is 0 Å². The van der Waals surface area contributed by atoms with Gasteiger partial charge in [-0.15, -0.1) is 11.3 Å². The van der Waals surface area contributed by atoms with Crippen LogP contribution in [0, 0.1) is 23.2 Å². The van der Waals surface area contributed by atoms with E-state index < -0.39 is 17.8 Å². The highest BCUT2D eigenvalue weighted by molar-refractivity contribution is 7.16. The van der Waals surface area contributed by atoms with E-state index in [0.717, 1.165) is 40.8 Å². The van der Waals surface area contributed by atoms with Crippen molar-refractivity contribution >= 4 is 28.2 Å². The number of thiophene rings is 1. The lowest BCUT2D eigenvalue weighted by atomic mass is 9.76. The van der Waals surface area contributed by atoms with Gasteiger partial charge in [-0.2, -0.15) is 5.26 Å². The molecule has 0 radical (unpaired) electrons. The van der Waals surface area contributed by atoms with E-state index in [4.69, 9.17) is 0 Å². The monoisotopic (exact) mass is 343 g/mol. The van der Waals surface area contributed by atoms with Gasteiger partial charge in [0.15, 0.2) is 0 Å². The second kappa shape index (κ2) is 6.40. The molecule has 0 spiro atoms. The normalized spacial score (nSPS) is 22.9. The lowest BCUT2D eigenvalue weighted by Crippen LogP contribution is -2.42. The molecule has 126 valence electrons. The van der Waals surface area contributed by atoms with Crippen molar-refractivity contribution in [2.45, 2.75) is 46.0 Å². The third-order valence-corrected chi connectivity index (χ3v) is 6.38. The van der Waals surface area contributed by atoms with Gasteiger partial charge in [0.25, 0.3) is 0 Å². The summed E-state index contributed by atoms with van der Waals surface area (Å²) in [5.74, 6) is -2.98. The van der Waals surface area contributed by atoms with Gasteiger partial charge in [-0.05, 0) is 51.5 Å². The largest absolute Gasteiger partial charge is 0.550 e. The third-order valence-electron chi connectivity index (χ3n) is 5.18. The van der Waals surface area contributed by atoms with E-state index in [1.807, 2.05) is 13.8 Å². The second-order valence-corrected chi connectivity index (χ2v) is 7.77. The van der Waals surface area contributed by atoms with Crippen LogP contribution in [-0.2, 0) is 22.4 Å². The quantitative estimate of drug-likeness (QED) is 0.851. The van der Waals surface area contributed by atoms with Crippen LogP contribution in [-0.4, -0.2) is 11.9 Å². The number of rotatable bonds is 3. The van der Waals surface area contributed by atoms with E-state index in [1.165, 1.54) is 11.3 Å². The summed E-state index contributed by atoms with van der Waals surface area (Å²) < 4.78 is 0. The molecule has 0 saturated heterocycles. The number of nitriles is 1. The maximum absolute atomic E-state index is 12.7. The van der Waals surface area contributed by atoms with Crippen LogP contribution in [0.4, 0.5) is 5.00 Å². The number of carboxylic acid groups (broad SMARTS) is 1. The first-order valence-electron chi connectivity index (χ1n) is 8.14. The van der Waals surface area contributed by atoms with Gasteiger partial charge in [0, 0.05) is 16.8 Å². The molecule has 0 bridgehead atoms. The highest BCUT2D eigenvalue weighted by Crippen LogP contribution is 2.40. The van der Waals surface area contributed by atoms with Gasteiger partial charge in [-0.1, -0.05) is 11.1 Å². The molecule has 0 aliphatic heterocycles. The zero-order valence-corrected chi connectivity index (χ0v) is 14.6. The number of hydrogen-bond donors (Lipinski definition) is 1. The number of amides is 1. The lowest BCUT2D eigenvalue weighted by Gasteiger charge is -2.32. The summed E-state index contributed by atoms with van der Waals surface area (Å²) >= 11 is 1.45. The average Bonchev–Trinajstić information content (AvgIpc) is 3.09. The van der Waals surface area contributed by atoms with Crippen LogP contribution in [0.25, 0.3) is 0 Å². The molecule has 1 amide bonds. The molecule has 6 heteroatoms. The van der Waals surface area contributed by atoms with Crippen molar-refractivity contribution in [1.29, 1.82) is 5.26 Å². The number of nitrogens with one attached hydrogen (secondary N) is 1. The maximum atomic E-state index is 12.7. The van der Waals surface area contributed by atoms with Crippen molar-refractivity contribution in [2.75, 3.05) is 5.32 Å². The molecule has 1 aromatic heterocycles. The predicted octanol–water partition coefficient (Wildman–Crippen LogP) is 2.16. The van der Waals surface area contributed by atoms with E-state index in [-0.39, 0.29) is 5.91 Å². The lowest BCUT2D eigenvalue weighted by molar-refractivity contribution is -0.313. The molecule has 2 aliphatic carbocycles. The van der Waals surface area contributed by atoms with E-state index in [1.54, 1.807) is 0 Å². The summed E-state index contributed by atoms with van der Waals surface area (Å²) in [4.78, 5) is 25.3. The Hall–Kier alpha value is -2.13. The van der Waals surface area contributed by atoms with E-state index >= 15 is 0 Å². The summed E-state index contributed by atoms with van der Waals surface area (Å²) in [6.07, 6.45) is 3.62. The van der Waals surface area contributed by atoms with Crippen molar-refractivity contribution in [3.63, 3.8) is 0 Å². The molecule has 2 atom stereocenters. The molecule has 1 aromatic rings. The highest BCUT2D eigenvalue weighted by atomic mass is 32.1. The molecule has 0 saturated carbocycles. The fraction of sp³-hybridized carbons (Fsp3) is 0.500. The number of hydrogen-bond acceptors (Lipinski definition) is 5. The minimum atomic E-state index is -1.18. The molecule has 1 heterocycles. The van der Waals surface area contributed by atoms with E-state index in [2.05, 4.69) is 11.4 Å². The van der Waals surface area contributed by atoms with Crippen LogP contribution in [0.1, 0.15) is 49.1 Å². The molecule has 2 aliphatic rings. The first-order valence-corrected chi connectivity index (χ1v) is 8.95. The Kier molecular flexibility index (Phi) is 4.46. The van der Waals surface area contributed by atoms with Gasteiger partial charge in [0.05, 0.1) is 11.5 Å². The highest BCUT2D eigenvalue weighted by Gasteiger charge is 2.34. The Morgan fingerprint density at radius 3 is 2.50 bits per heavy atom. The SMILES string of the molecule is CC1=C(C)CC(C(=O)Nc2sc3c(c2C#N)CCC3)C(C(=O)[O-])C1. The number of nitrogens with zero attached hydrogens (tertiary/aromatic N) is 1. The summed E-state index contributed by atoms with van der Waals surface area (Å²) in [7, 11) is 0. The number of carboxylic acids is 1. The Morgan fingerprint density at radius 1 is 1.21 bits per heavy atom. The Morgan fingerprint density at radius 2 is 1.88 bits per heavy atom. The topological polar surface area (TPSA) is 93.0 Å². The molecule has 24 heavy (non-hydrogen) atoms. The van der Waals surface area contributed by atoms with Crippen LogP contribution in [0.3, 0.4) is 0 Å². The van der Waals surface area contributed by atoms with Crippen LogP contribution in [0.15, 0.2) is 11.1 Å². The number of aliphatic carboxylic acids is 1. The number of carbonyl (C=O) groups excluding carboxylic acids is 2. The third kappa shape index (κ3) is 2.84. The molecule has 0 aromatic carbocycles. The molecule has 1 N–H and O–H groups in total. The fourth-order valence-corrected chi connectivity index (χ4v) is 4.87. The van der Waals surface area contributed by atoms with E-state index in [9.17, 15) is 20.0 Å². The van der Waals surface area contributed by atoms with Crippen molar-refractivity contribution < 1.29 is 14.7 Å². The number of carbonyl (C=O) groups is 2. The summed E-state index contributed by atoms with van der Waals surface area (Å²) in [5.41, 5.74) is 3.66. The summed E-state index contributed by atoms with van der Waals surface area (Å²) in [6.45, 7) is 3.83. The minimum Gasteiger partial charge on any atom is -0.550 e. The van der Waals surface area contributed by atoms with Crippen LogP contribution in [0.5, 0.6) is 0 Å². The number of aryl methyl sites for hydroxylation is 1. The Bertz CT molecular complexity index is 785. The minimum absolute atomic E-state index is 0.326. The zero-order valence-electron chi connectivity index (χ0n) is 13.8. The summed E-state index contributed by atoms with van der Waals surface area (Å²) in [5, 5.41) is 24.2. The average molecular weight is 343 g/mol. The zero-order chi connectivity index (χ0) is 17.4. The second-order valence-electron chi connectivity index (χ2n) is 6.66. The molecule has 2 unspecified atom stereocenters. The van der Waals surface area contributed by atoms with Crippen LogP contribution >= 0.6 is 11.3 Å². The molecule has 0 fully saturated rings. The van der Waals surface area contributed by atoms with Crippen molar-refractivity contribution in [3.05, 3.63) is 27.2 Å². The summed E-state index contributed by atoms with van der Waals surface area (Å²) in [6, 6.07) is 2.19. The van der Waals surface area contributed by atoms with Crippen molar-refractivity contribution in [1.82, 2.24) is 0 Å². The van der Waals surface area contributed by atoms with E-state index in [0.29, 0.717) is 23.4 Å². The van der Waals surface area contributed by atoms with Crippen LogP contribution < -0.4 is 10.4 Å². The maximum Gasteiger partial charge on any atom is 0.229 e. The molecule has 5 nitrogen and oxygen atoms in total. The van der Waals surface area contributed by atoms with Gasteiger partial charge in [0.2, 0.25) is 5.91 Å². The standard InChI is InChI=1S/C18H20N2O3S/c1-9-6-12(13(18(22)23)7-10(9)2)16(21)20-17-14(8-19)11-4-3-5-15(11)24-17/h12-13H,3-7H2,1-2H3,(H,20,21)(H,22,23)/p-1. The molecule has 3 rings (SSSR count). The smallest absolute Gasteiger partial charge is 0.229 e. The van der Waals surface area contributed by atoms with Gasteiger partial charge < -0.3 is 15.2 Å². The van der Waals surface area contributed by atoms with Crippen molar-refractivity contribution in [2.24, 2.45) is 11.8 Å². The van der Waals surface area contributed by atoms with Gasteiger partial charge in [-0.3, -0.25) is 4.79 Å². The van der Waals surface area contributed by atoms with Gasteiger partial charge in [0.1, 0.15) is 11.1 Å². The number of allylic oxidation sites excluding steroid dienone is 2. The van der Waals surface area contributed by atoms with Crippen molar-refractivity contribution in [3.8, 4) is 6.07 Å². The number of anilines is 1. The van der Waals surface area contributed by atoms with Gasteiger partial charge in [-0.25, -0.2) is 0 Å². The number of fused-ring (bicyclic) bond motifs is 1. The molecular weight excluding hydrogens is 324 g/mol. The predicted molar refractivity (Wildman–Crippen MR) is 89.3 cm³/mol. The Balaban J connectivity index is 1.85. The fourth-order valence-electron chi connectivity index (χ4n) is 3.63. The molecular formula is C18H19N2O3S-. The first-order chi connectivity index (χ1) is 11.4. The Labute approximate surface area is 145 Å². The van der Waals surface area contributed by atoms with Gasteiger partial charge >= 0.3 is 0 Å². The first kappa shape index (κ1) is 16.7.